The fourth-order valence-electron chi connectivity index (χ4n) is 5.76. The highest BCUT2D eigenvalue weighted by Gasteiger charge is 2.13. The molecule has 0 bridgehead atoms. The van der Waals surface area contributed by atoms with Crippen molar-refractivity contribution in [3.05, 3.63) is 134 Å². The molecule has 8 rings (SSSR count). The van der Waals surface area contributed by atoms with Crippen LogP contribution < -0.4 is 0 Å². The van der Waals surface area contributed by atoms with E-state index in [1.807, 2.05) is 23.7 Å². The Balaban J connectivity index is 1.28. The quantitative estimate of drug-likeness (QED) is 0.235. The number of nitrogens with zero attached hydrogens (tertiary/aromatic N) is 2. The van der Waals surface area contributed by atoms with E-state index in [0.29, 0.717) is 0 Å². The first-order valence-electron chi connectivity index (χ1n) is 12.8. The van der Waals surface area contributed by atoms with Gasteiger partial charge in [-0.1, -0.05) is 84.9 Å². The van der Waals surface area contributed by atoms with Gasteiger partial charge in [-0.25, -0.2) is 0 Å². The Morgan fingerprint density at radius 1 is 0.526 bits per heavy atom. The molecular weight excluding hydrogens is 480 g/mol. The predicted octanol–water partition coefficient (Wildman–Crippen LogP) is 9.88. The molecule has 3 heteroatoms. The first-order chi connectivity index (χ1) is 18.8. The monoisotopic (exact) mass is 502 g/mol. The molecule has 2 nitrogen and oxygen atoms in total. The Labute approximate surface area is 224 Å². The van der Waals surface area contributed by atoms with E-state index >= 15 is 0 Å². The van der Waals surface area contributed by atoms with Gasteiger partial charge in [0.1, 0.15) is 0 Å². The number of pyridine rings is 1. The number of aromatic nitrogens is 2. The van der Waals surface area contributed by atoms with Gasteiger partial charge in [0.05, 0.1) is 11.0 Å². The predicted molar refractivity (Wildman–Crippen MR) is 162 cm³/mol. The van der Waals surface area contributed by atoms with Gasteiger partial charge in [-0.2, -0.15) is 0 Å². The average Bonchev–Trinajstić information content (AvgIpc) is 3.53. The van der Waals surface area contributed by atoms with Crippen LogP contribution in [0.4, 0.5) is 0 Å². The highest BCUT2D eigenvalue weighted by Crippen LogP contribution is 2.40. The molecule has 0 radical (unpaired) electrons. The van der Waals surface area contributed by atoms with Crippen LogP contribution in [0.25, 0.3) is 69.9 Å². The van der Waals surface area contributed by atoms with Crippen molar-refractivity contribution in [2.24, 2.45) is 0 Å². The normalized spacial score (nSPS) is 11.7. The standard InChI is InChI=1S/C35H22N2S/c1-3-16-32-28(12-1)29-13-2-4-17-33(29)37(32)26-11-6-9-24(21-26)23-8-5-10-25(20-23)27-14-7-15-30-31-22-36-19-18-34(31)38-35(27)30/h1-22H. The molecule has 3 aromatic heterocycles. The third-order valence-electron chi connectivity index (χ3n) is 7.49. The fraction of sp³-hybridized carbons (Fsp3) is 0. The minimum Gasteiger partial charge on any atom is -0.309 e. The number of hydrogen-bond donors (Lipinski definition) is 0. The zero-order valence-corrected chi connectivity index (χ0v) is 21.3. The third-order valence-corrected chi connectivity index (χ3v) is 8.71. The molecule has 0 aliphatic carbocycles. The Morgan fingerprint density at radius 3 is 2.00 bits per heavy atom. The van der Waals surface area contributed by atoms with Crippen molar-refractivity contribution in [2.75, 3.05) is 0 Å². The van der Waals surface area contributed by atoms with Crippen molar-refractivity contribution in [1.82, 2.24) is 9.55 Å². The van der Waals surface area contributed by atoms with E-state index in [9.17, 15) is 0 Å². The maximum Gasteiger partial charge on any atom is 0.0541 e. The minimum absolute atomic E-state index is 1.17. The van der Waals surface area contributed by atoms with Gasteiger partial charge in [0, 0.05) is 49.0 Å². The van der Waals surface area contributed by atoms with Crippen LogP contribution in [-0.4, -0.2) is 9.55 Å². The number of fused-ring (bicyclic) bond motifs is 6. The number of hydrogen-bond acceptors (Lipinski definition) is 2. The Bertz CT molecular complexity index is 2090. The second-order valence-corrected chi connectivity index (χ2v) is 10.7. The second kappa shape index (κ2) is 8.41. The summed E-state index contributed by atoms with van der Waals surface area (Å²) >= 11 is 1.84. The maximum atomic E-state index is 4.36. The van der Waals surface area contributed by atoms with E-state index in [1.54, 1.807) is 0 Å². The van der Waals surface area contributed by atoms with Crippen molar-refractivity contribution < 1.29 is 0 Å². The van der Waals surface area contributed by atoms with Crippen molar-refractivity contribution in [2.45, 2.75) is 0 Å². The summed E-state index contributed by atoms with van der Waals surface area (Å²) in [6.07, 6.45) is 3.86. The summed E-state index contributed by atoms with van der Waals surface area (Å²) in [5, 5.41) is 5.06. The summed E-state index contributed by atoms with van der Waals surface area (Å²) in [6, 6.07) is 43.9. The van der Waals surface area contributed by atoms with E-state index in [1.165, 1.54) is 69.9 Å². The van der Waals surface area contributed by atoms with Crippen molar-refractivity contribution >= 4 is 53.3 Å². The van der Waals surface area contributed by atoms with Gasteiger partial charge in [0.2, 0.25) is 0 Å². The Hall–Kier alpha value is -4.73. The molecule has 38 heavy (non-hydrogen) atoms. The van der Waals surface area contributed by atoms with E-state index in [4.69, 9.17) is 0 Å². The first-order valence-corrected chi connectivity index (χ1v) is 13.6. The SMILES string of the molecule is c1cc(-c2cccc(-n3c4ccccc4c4ccccc43)c2)cc(-c2cccc3c2sc2ccncc23)c1. The van der Waals surface area contributed by atoms with Gasteiger partial charge in [-0.05, 0) is 58.7 Å². The van der Waals surface area contributed by atoms with Gasteiger partial charge in [0.25, 0.3) is 0 Å². The minimum atomic E-state index is 1.17. The van der Waals surface area contributed by atoms with Crippen LogP contribution in [0, 0.1) is 0 Å². The lowest BCUT2D eigenvalue weighted by Crippen LogP contribution is -1.94. The molecule has 0 aliphatic heterocycles. The molecule has 0 atom stereocenters. The highest BCUT2D eigenvalue weighted by molar-refractivity contribution is 7.26. The Morgan fingerprint density at radius 2 is 1.18 bits per heavy atom. The largest absolute Gasteiger partial charge is 0.309 e. The van der Waals surface area contributed by atoms with Crippen LogP contribution >= 0.6 is 11.3 Å². The van der Waals surface area contributed by atoms with E-state index in [0.717, 1.165) is 0 Å². The average molecular weight is 503 g/mol. The second-order valence-electron chi connectivity index (χ2n) is 9.66. The van der Waals surface area contributed by atoms with Crippen LogP contribution in [0.5, 0.6) is 0 Å². The molecule has 0 fully saturated rings. The molecule has 0 saturated heterocycles. The molecule has 0 saturated carbocycles. The maximum absolute atomic E-state index is 4.36. The molecule has 0 spiro atoms. The van der Waals surface area contributed by atoms with E-state index in [2.05, 4.69) is 131 Å². The smallest absolute Gasteiger partial charge is 0.0541 e. The molecule has 178 valence electrons. The molecular formula is C35H22N2S. The number of para-hydroxylation sites is 2. The zero-order valence-electron chi connectivity index (χ0n) is 20.5. The summed E-state index contributed by atoms with van der Waals surface area (Å²) in [5.74, 6) is 0. The topological polar surface area (TPSA) is 17.8 Å². The molecule has 5 aromatic carbocycles. The van der Waals surface area contributed by atoms with Gasteiger partial charge in [-0.15, -0.1) is 11.3 Å². The highest BCUT2D eigenvalue weighted by atomic mass is 32.1. The van der Waals surface area contributed by atoms with Crippen molar-refractivity contribution in [1.29, 1.82) is 0 Å². The lowest BCUT2D eigenvalue weighted by Gasteiger charge is -2.11. The molecule has 8 aromatic rings. The van der Waals surface area contributed by atoms with Gasteiger partial charge in [0.15, 0.2) is 0 Å². The van der Waals surface area contributed by atoms with Crippen molar-refractivity contribution in [3.63, 3.8) is 0 Å². The first kappa shape index (κ1) is 21.4. The number of rotatable bonds is 3. The van der Waals surface area contributed by atoms with Crippen LogP contribution in [0.2, 0.25) is 0 Å². The van der Waals surface area contributed by atoms with Crippen LogP contribution in [0.15, 0.2) is 134 Å². The van der Waals surface area contributed by atoms with Crippen molar-refractivity contribution in [3.8, 4) is 27.9 Å². The summed E-state index contributed by atoms with van der Waals surface area (Å²) in [4.78, 5) is 4.36. The van der Waals surface area contributed by atoms with Crippen LogP contribution in [-0.2, 0) is 0 Å². The molecule has 3 heterocycles. The third kappa shape index (κ3) is 3.22. The van der Waals surface area contributed by atoms with Gasteiger partial charge in [-0.3, -0.25) is 4.98 Å². The molecule has 0 unspecified atom stereocenters. The zero-order chi connectivity index (χ0) is 25.1. The summed E-state index contributed by atoms with van der Waals surface area (Å²) in [6.45, 7) is 0. The Kier molecular flexibility index (Phi) is 4.73. The van der Waals surface area contributed by atoms with E-state index < -0.39 is 0 Å². The molecule has 0 aliphatic rings. The summed E-state index contributed by atoms with van der Waals surface area (Å²) < 4.78 is 4.97. The molecule has 0 amide bonds. The van der Waals surface area contributed by atoms with Gasteiger partial charge >= 0.3 is 0 Å². The van der Waals surface area contributed by atoms with Crippen LogP contribution in [0.3, 0.4) is 0 Å². The summed E-state index contributed by atoms with van der Waals surface area (Å²) in [5.41, 5.74) is 8.54. The number of benzene rings is 5. The van der Waals surface area contributed by atoms with E-state index in [-0.39, 0.29) is 0 Å². The molecule has 0 N–H and O–H groups in total. The van der Waals surface area contributed by atoms with Crippen LogP contribution in [0.1, 0.15) is 0 Å². The number of thiophene rings is 1. The lowest BCUT2D eigenvalue weighted by molar-refractivity contribution is 1.18. The lowest BCUT2D eigenvalue weighted by atomic mass is 9.98. The summed E-state index contributed by atoms with van der Waals surface area (Å²) in [7, 11) is 0. The fourth-order valence-corrected chi connectivity index (χ4v) is 6.97. The van der Waals surface area contributed by atoms with Gasteiger partial charge < -0.3 is 4.57 Å².